The van der Waals surface area contributed by atoms with Crippen molar-refractivity contribution < 1.29 is 0 Å². The van der Waals surface area contributed by atoms with Crippen LogP contribution in [0.25, 0.3) is 0 Å². The third-order valence-corrected chi connectivity index (χ3v) is 2.87. The van der Waals surface area contributed by atoms with Gasteiger partial charge in [0.05, 0.1) is 0 Å². The van der Waals surface area contributed by atoms with Crippen LogP contribution in [0.2, 0.25) is 0 Å². The van der Waals surface area contributed by atoms with Crippen molar-refractivity contribution in [1.29, 1.82) is 0 Å². The van der Waals surface area contributed by atoms with Gasteiger partial charge in [-0.2, -0.15) is 0 Å². The lowest BCUT2D eigenvalue weighted by Crippen LogP contribution is -2.13. The van der Waals surface area contributed by atoms with Gasteiger partial charge in [0.2, 0.25) is 0 Å². The highest BCUT2D eigenvalue weighted by Crippen LogP contribution is 2.19. The van der Waals surface area contributed by atoms with Gasteiger partial charge >= 0.3 is 0 Å². The zero-order chi connectivity index (χ0) is 9.68. The van der Waals surface area contributed by atoms with Crippen molar-refractivity contribution in [3.63, 3.8) is 0 Å². The summed E-state index contributed by atoms with van der Waals surface area (Å²) in [6.45, 7) is 4.28. The fourth-order valence-corrected chi connectivity index (χ4v) is 1.82. The first-order valence-electron chi connectivity index (χ1n) is 4.92. The Hall–Kier alpha value is -0.490. The molecule has 0 nitrogen and oxygen atoms in total. The van der Waals surface area contributed by atoms with Crippen LogP contribution in [0.15, 0.2) is 30.3 Å². The molecule has 0 saturated carbocycles. The largest absolute Gasteiger partial charge is 0.123 e. The molecule has 0 saturated heterocycles. The molecule has 0 N–H and O–H groups in total. The first-order chi connectivity index (χ1) is 6.24. The van der Waals surface area contributed by atoms with E-state index in [-0.39, 0.29) is 5.38 Å². The van der Waals surface area contributed by atoms with E-state index in [4.69, 9.17) is 11.6 Å². The molecule has 1 rings (SSSR count). The molecule has 0 bridgehead atoms. The Morgan fingerprint density at radius 2 is 1.85 bits per heavy atom. The highest BCUT2D eigenvalue weighted by Gasteiger charge is 2.12. The SMILES string of the molecule is CCC(Cc1ccccc1)C(C)Cl. The highest BCUT2D eigenvalue weighted by atomic mass is 35.5. The molecule has 0 fully saturated rings. The monoisotopic (exact) mass is 196 g/mol. The van der Waals surface area contributed by atoms with Gasteiger partial charge in [-0.3, -0.25) is 0 Å². The summed E-state index contributed by atoms with van der Waals surface area (Å²) < 4.78 is 0. The Morgan fingerprint density at radius 1 is 1.23 bits per heavy atom. The molecule has 0 aliphatic carbocycles. The van der Waals surface area contributed by atoms with Crippen LogP contribution in [-0.2, 0) is 6.42 Å². The van der Waals surface area contributed by atoms with Crippen molar-refractivity contribution in [3.05, 3.63) is 35.9 Å². The van der Waals surface area contributed by atoms with Gasteiger partial charge in [0, 0.05) is 5.38 Å². The van der Waals surface area contributed by atoms with E-state index in [1.807, 2.05) is 0 Å². The van der Waals surface area contributed by atoms with Gasteiger partial charge in [0.1, 0.15) is 0 Å². The minimum atomic E-state index is 0.269. The van der Waals surface area contributed by atoms with Gasteiger partial charge in [0.15, 0.2) is 0 Å². The van der Waals surface area contributed by atoms with Crippen molar-refractivity contribution >= 4 is 11.6 Å². The summed E-state index contributed by atoms with van der Waals surface area (Å²) in [4.78, 5) is 0. The number of hydrogen-bond acceptors (Lipinski definition) is 0. The topological polar surface area (TPSA) is 0 Å². The third-order valence-electron chi connectivity index (χ3n) is 2.51. The lowest BCUT2D eigenvalue weighted by atomic mass is 9.94. The van der Waals surface area contributed by atoms with Gasteiger partial charge in [-0.1, -0.05) is 43.7 Å². The van der Waals surface area contributed by atoms with Crippen LogP contribution in [0.4, 0.5) is 0 Å². The third kappa shape index (κ3) is 3.40. The average molecular weight is 197 g/mol. The summed E-state index contributed by atoms with van der Waals surface area (Å²) in [5.74, 6) is 0.601. The summed E-state index contributed by atoms with van der Waals surface area (Å²) >= 11 is 6.09. The fourth-order valence-electron chi connectivity index (χ4n) is 1.55. The van der Waals surface area contributed by atoms with Crippen LogP contribution in [0.3, 0.4) is 0 Å². The second-order valence-corrected chi connectivity index (χ2v) is 4.22. The number of alkyl halides is 1. The lowest BCUT2D eigenvalue weighted by Gasteiger charge is -2.16. The van der Waals surface area contributed by atoms with Gasteiger partial charge in [0.25, 0.3) is 0 Å². The number of benzene rings is 1. The molecule has 1 heteroatoms. The van der Waals surface area contributed by atoms with Crippen molar-refractivity contribution in [2.75, 3.05) is 0 Å². The molecule has 0 amide bonds. The summed E-state index contributed by atoms with van der Waals surface area (Å²) in [5, 5.41) is 0.269. The number of halogens is 1. The Bertz CT molecular complexity index is 228. The maximum absolute atomic E-state index is 6.09. The quantitative estimate of drug-likeness (QED) is 0.642. The van der Waals surface area contributed by atoms with Gasteiger partial charge in [-0.05, 0) is 24.8 Å². The number of hydrogen-bond donors (Lipinski definition) is 0. The average Bonchev–Trinajstić information content (AvgIpc) is 2.15. The first kappa shape index (κ1) is 10.6. The zero-order valence-electron chi connectivity index (χ0n) is 8.33. The zero-order valence-corrected chi connectivity index (χ0v) is 9.09. The Labute approximate surface area is 85.9 Å². The van der Waals surface area contributed by atoms with Gasteiger partial charge in [-0.25, -0.2) is 0 Å². The van der Waals surface area contributed by atoms with Crippen LogP contribution in [0, 0.1) is 5.92 Å². The molecule has 1 aromatic carbocycles. The summed E-state index contributed by atoms with van der Waals surface area (Å²) in [6.07, 6.45) is 2.25. The molecule has 1 aromatic rings. The first-order valence-corrected chi connectivity index (χ1v) is 5.35. The van der Waals surface area contributed by atoms with E-state index in [0.717, 1.165) is 12.8 Å². The maximum Gasteiger partial charge on any atom is 0.0339 e. The molecular weight excluding hydrogens is 180 g/mol. The molecule has 0 heterocycles. The maximum atomic E-state index is 6.09. The Balaban J connectivity index is 2.57. The predicted molar refractivity (Wildman–Crippen MR) is 59.2 cm³/mol. The van der Waals surface area contributed by atoms with Crippen molar-refractivity contribution in [2.45, 2.75) is 32.1 Å². The molecule has 2 atom stereocenters. The second-order valence-electron chi connectivity index (χ2n) is 3.54. The van der Waals surface area contributed by atoms with E-state index < -0.39 is 0 Å². The molecular formula is C12H17Cl. The Morgan fingerprint density at radius 3 is 2.31 bits per heavy atom. The van der Waals surface area contributed by atoms with E-state index in [1.54, 1.807) is 0 Å². The summed E-state index contributed by atoms with van der Waals surface area (Å²) in [6, 6.07) is 10.6. The van der Waals surface area contributed by atoms with Gasteiger partial charge < -0.3 is 0 Å². The van der Waals surface area contributed by atoms with Crippen molar-refractivity contribution in [2.24, 2.45) is 5.92 Å². The van der Waals surface area contributed by atoms with E-state index in [2.05, 4.69) is 44.2 Å². The second kappa shape index (κ2) is 5.29. The standard InChI is InChI=1S/C12H17Cl/c1-3-12(10(2)13)9-11-7-5-4-6-8-11/h4-8,10,12H,3,9H2,1-2H3. The van der Waals surface area contributed by atoms with Crippen molar-refractivity contribution in [3.8, 4) is 0 Å². The van der Waals surface area contributed by atoms with Crippen molar-refractivity contribution in [1.82, 2.24) is 0 Å². The predicted octanol–water partition coefficient (Wildman–Crippen LogP) is 3.88. The summed E-state index contributed by atoms with van der Waals surface area (Å²) in [7, 11) is 0. The van der Waals surface area contributed by atoms with Crippen LogP contribution in [0.5, 0.6) is 0 Å². The minimum absolute atomic E-state index is 0.269. The van der Waals surface area contributed by atoms with E-state index in [0.29, 0.717) is 5.92 Å². The molecule has 0 aromatic heterocycles. The lowest BCUT2D eigenvalue weighted by molar-refractivity contribution is 0.497. The van der Waals surface area contributed by atoms with Crippen LogP contribution >= 0.6 is 11.6 Å². The van der Waals surface area contributed by atoms with Crippen LogP contribution < -0.4 is 0 Å². The Kier molecular flexibility index (Phi) is 4.31. The normalized spacial score (nSPS) is 15.3. The number of rotatable bonds is 4. The highest BCUT2D eigenvalue weighted by molar-refractivity contribution is 6.20. The molecule has 13 heavy (non-hydrogen) atoms. The van der Waals surface area contributed by atoms with Crippen LogP contribution in [-0.4, -0.2) is 5.38 Å². The summed E-state index contributed by atoms with van der Waals surface area (Å²) in [5.41, 5.74) is 1.39. The van der Waals surface area contributed by atoms with Gasteiger partial charge in [-0.15, -0.1) is 11.6 Å². The molecule has 0 aliphatic heterocycles. The van der Waals surface area contributed by atoms with E-state index >= 15 is 0 Å². The molecule has 0 radical (unpaired) electrons. The van der Waals surface area contributed by atoms with E-state index in [1.165, 1.54) is 5.56 Å². The molecule has 0 aliphatic rings. The minimum Gasteiger partial charge on any atom is -0.123 e. The molecule has 0 spiro atoms. The molecule has 2 unspecified atom stereocenters. The molecule has 72 valence electrons. The van der Waals surface area contributed by atoms with E-state index in [9.17, 15) is 0 Å². The smallest absolute Gasteiger partial charge is 0.0339 e. The van der Waals surface area contributed by atoms with Crippen LogP contribution in [0.1, 0.15) is 25.8 Å². The fraction of sp³-hybridized carbons (Fsp3) is 0.500.